The molecule has 29 heavy (non-hydrogen) atoms. The van der Waals surface area contributed by atoms with Crippen molar-refractivity contribution in [2.45, 2.75) is 20.0 Å². The van der Waals surface area contributed by atoms with Crippen LogP contribution in [0.15, 0.2) is 83.7 Å². The van der Waals surface area contributed by atoms with E-state index in [9.17, 15) is 9.59 Å². The summed E-state index contributed by atoms with van der Waals surface area (Å²) < 4.78 is 0. The molecule has 0 spiro atoms. The van der Waals surface area contributed by atoms with Crippen LogP contribution in [-0.2, 0) is 13.1 Å². The van der Waals surface area contributed by atoms with Gasteiger partial charge in [0, 0.05) is 12.1 Å². The lowest BCUT2D eigenvalue weighted by Gasteiger charge is -2.23. The molecule has 0 aliphatic heterocycles. The lowest BCUT2D eigenvalue weighted by Crippen LogP contribution is -2.31. The van der Waals surface area contributed by atoms with Crippen LogP contribution in [0.5, 0.6) is 0 Å². The molecule has 0 fully saturated rings. The van der Waals surface area contributed by atoms with E-state index in [1.165, 1.54) is 0 Å². The van der Waals surface area contributed by atoms with Crippen LogP contribution in [0.1, 0.15) is 27.3 Å². The Morgan fingerprint density at radius 3 is 2.34 bits per heavy atom. The number of hydrogen-bond acceptors (Lipinski definition) is 3. The van der Waals surface area contributed by atoms with E-state index in [-0.39, 0.29) is 18.0 Å². The van der Waals surface area contributed by atoms with Crippen LogP contribution >= 0.6 is 0 Å². The maximum absolute atomic E-state index is 13.2. The SMILES string of the molecule is Cc1ccc(C(=O)N(Cc2ccccc2)Cc2nc3ccccc3c(=O)[nH]2)cc1. The van der Waals surface area contributed by atoms with E-state index in [0.29, 0.717) is 28.8 Å². The fourth-order valence-corrected chi connectivity index (χ4v) is 3.27. The van der Waals surface area contributed by atoms with Crippen molar-refractivity contribution in [1.82, 2.24) is 14.9 Å². The van der Waals surface area contributed by atoms with Crippen molar-refractivity contribution in [3.63, 3.8) is 0 Å². The third-order valence-electron chi connectivity index (χ3n) is 4.80. The van der Waals surface area contributed by atoms with E-state index in [1.807, 2.05) is 73.7 Å². The van der Waals surface area contributed by atoms with Gasteiger partial charge in [0.25, 0.3) is 11.5 Å². The Kier molecular flexibility index (Phi) is 5.20. The molecule has 5 heteroatoms. The normalized spacial score (nSPS) is 10.8. The van der Waals surface area contributed by atoms with Crippen molar-refractivity contribution >= 4 is 16.8 Å². The zero-order chi connectivity index (χ0) is 20.2. The van der Waals surface area contributed by atoms with Gasteiger partial charge in [0.1, 0.15) is 5.82 Å². The highest BCUT2D eigenvalue weighted by molar-refractivity contribution is 5.94. The number of aromatic nitrogens is 2. The van der Waals surface area contributed by atoms with Gasteiger partial charge >= 0.3 is 0 Å². The standard InChI is InChI=1S/C24H21N3O2/c1-17-11-13-19(14-12-17)24(29)27(15-18-7-3-2-4-8-18)16-22-25-21-10-6-5-9-20(21)23(28)26-22/h2-14H,15-16H2,1H3,(H,25,26,28). The van der Waals surface area contributed by atoms with Crippen LogP contribution in [0.25, 0.3) is 10.9 Å². The van der Waals surface area contributed by atoms with Crippen molar-refractivity contribution in [1.29, 1.82) is 0 Å². The Morgan fingerprint density at radius 1 is 0.897 bits per heavy atom. The number of nitrogens with zero attached hydrogens (tertiary/aromatic N) is 2. The molecule has 0 saturated heterocycles. The van der Waals surface area contributed by atoms with E-state index in [1.54, 1.807) is 17.0 Å². The number of H-pyrrole nitrogens is 1. The molecule has 1 heterocycles. The minimum absolute atomic E-state index is 0.107. The van der Waals surface area contributed by atoms with Crippen LogP contribution in [-0.4, -0.2) is 20.8 Å². The van der Waals surface area contributed by atoms with Gasteiger partial charge in [0.2, 0.25) is 0 Å². The summed E-state index contributed by atoms with van der Waals surface area (Å²) in [6, 6.07) is 24.5. The number of benzene rings is 3. The van der Waals surface area contributed by atoms with Crippen LogP contribution < -0.4 is 5.56 Å². The lowest BCUT2D eigenvalue weighted by atomic mass is 10.1. The number of carbonyl (C=O) groups excluding carboxylic acids is 1. The third kappa shape index (κ3) is 4.24. The summed E-state index contributed by atoms with van der Waals surface area (Å²) in [6.45, 7) is 2.62. The summed E-state index contributed by atoms with van der Waals surface area (Å²) >= 11 is 0. The van der Waals surface area contributed by atoms with Crippen molar-refractivity contribution in [3.05, 3.63) is 112 Å². The topological polar surface area (TPSA) is 66.1 Å². The molecule has 0 aliphatic rings. The zero-order valence-electron chi connectivity index (χ0n) is 16.1. The summed E-state index contributed by atoms with van der Waals surface area (Å²) in [7, 11) is 0. The van der Waals surface area contributed by atoms with Crippen molar-refractivity contribution in [3.8, 4) is 0 Å². The van der Waals surface area contributed by atoms with Crippen LogP contribution in [0.2, 0.25) is 0 Å². The first-order valence-electron chi connectivity index (χ1n) is 9.48. The molecular weight excluding hydrogens is 362 g/mol. The molecule has 0 atom stereocenters. The first-order chi connectivity index (χ1) is 14.1. The second-order valence-electron chi connectivity index (χ2n) is 7.04. The number of aromatic amines is 1. The minimum Gasteiger partial charge on any atom is -0.327 e. The van der Waals surface area contributed by atoms with Crippen LogP contribution in [0, 0.1) is 6.92 Å². The van der Waals surface area contributed by atoms with Crippen molar-refractivity contribution in [2.24, 2.45) is 0 Å². The third-order valence-corrected chi connectivity index (χ3v) is 4.80. The van der Waals surface area contributed by atoms with Gasteiger partial charge in [0.05, 0.1) is 17.4 Å². The zero-order valence-corrected chi connectivity index (χ0v) is 16.1. The summed E-state index contributed by atoms with van der Waals surface area (Å²) in [4.78, 5) is 34.7. The average Bonchev–Trinajstić information content (AvgIpc) is 2.74. The first kappa shape index (κ1) is 18.6. The van der Waals surface area contributed by atoms with Crippen LogP contribution in [0.3, 0.4) is 0 Å². The molecule has 1 amide bonds. The van der Waals surface area contributed by atoms with Gasteiger partial charge in [-0.2, -0.15) is 0 Å². The highest BCUT2D eigenvalue weighted by Gasteiger charge is 2.18. The largest absolute Gasteiger partial charge is 0.327 e. The maximum Gasteiger partial charge on any atom is 0.258 e. The second kappa shape index (κ2) is 8.10. The second-order valence-corrected chi connectivity index (χ2v) is 7.04. The Labute approximate surface area is 168 Å². The number of rotatable bonds is 5. The van der Waals surface area contributed by atoms with Crippen molar-refractivity contribution in [2.75, 3.05) is 0 Å². The average molecular weight is 383 g/mol. The highest BCUT2D eigenvalue weighted by Crippen LogP contribution is 2.14. The number of fused-ring (bicyclic) bond motifs is 1. The van der Waals surface area contributed by atoms with Gasteiger partial charge in [-0.05, 0) is 36.8 Å². The summed E-state index contributed by atoms with van der Waals surface area (Å²) in [5.41, 5.74) is 3.13. The molecule has 0 radical (unpaired) electrons. The monoisotopic (exact) mass is 383 g/mol. The molecule has 144 valence electrons. The molecule has 0 aliphatic carbocycles. The number of hydrogen-bond donors (Lipinski definition) is 1. The highest BCUT2D eigenvalue weighted by atomic mass is 16.2. The molecule has 4 aromatic rings. The molecule has 0 saturated carbocycles. The molecule has 1 N–H and O–H groups in total. The predicted molar refractivity (Wildman–Crippen MR) is 114 cm³/mol. The number of aryl methyl sites for hydroxylation is 1. The molecular formula is C24H21N3O2. The lowest BCUT2D eigenvalue weighted by molar-refractivity contribution is 0.0725. The van der Waals surface area contributed by atoms with Crippen molar-refractivity contribution < 1.29 is 4.79 Å². The van der Waals surface area contributed by atoms with Gasteiger partial charge < -0.3 is 9.88 Å². The van der Waals surface area contributed by atoms with Gasteiger partial charge in [-0.1, -0.05) is 60.2 Å². The molecule has 0 bridgehead atoms. The van der Waals surface area contributed by atoms with E-state index in [0.717, 1.165) is 11.1 Å². The van der Waals surface area contributed by atoms with Gasteiger partial charge in [-0.3, -0.25) is 9.59 Å². The van der Waals surface area contributed by atoms with Gasteiger partial charge in [-0.25, -0.2) is 4.98 Å². The predicted octanol–water partition coefficient (Wildman–Crippen LogP) is 4.07. The molecule has 3 aromatic carbocycles. The Bertz CT molecular complexity index is 1200. The van der Waals surface area contributed by atoms with E-state index in [4.69, 9.17) is 0 Å². The maximum atomic E-state index is 13.2. The number of amides is 1. The van der Waals surface area contributed by atoms with Gasteiger partial charge in [-0.15, -0.1) is 0 Å². The van der Waals surface area contributed by atoms with Gasteiger partial charge in [0.15, 0.2) is 0 Å². The fourth-order valence-electron chi connectivity index (χ4n) is 3.27. The molecule has 4 rings (SSSR count). The molecule has 1 aromatic heterocycles. The van der Waals surface area contributed by atoms with E-state index >= 15 is 0 Å². The molecule has 0 unspecified atom stereocenters. The number of nitrogens with one attached hydrogen (secondary N) is 1. The smallest absolute Gasteiger partial charge is 0.258 e. The number of para-hydroxylation sites is 1. The minimum atomic E-state index is -0.201. The number of carbonyl (C=O) groups is 1. The summed E-state index contributed by atoms with van der Waals surface area (Å²) in [5, 5.41) is 0.538. The first-order valence-corrected chi connectivity index (χ1v) is 9.48. The summed E-state index contributed by atoms with van der Waals surface area (Å²) in [5.74, 6) is 0.356. The quantitative estimate of drug-likeness (QED) is 0.565. The Morgan fingerprint density at radius 2 is 1.59 bits per heavy atom. The summed E-state index contributed by atoms with van der Waals surface area (Å²) in [6.07, 6.45) is 0. The van der Waals surface area contributed by atoms with E-state index < -0.39 is 0 Å². The van der Waals surface area contributed by atoms with E-state index in [2.05, 4.69) is 9.97 Å². The van der Waals surface area contributed by atoms with Crippen LogP contribution in [0.4, 0.5) is 0 Å². The Hall–Kier alpha value is -3.73. The Balaban J connectivity index is 1.69. The fraction of sp³-hybridized carbons (Fsp3) is 0.125. The molecule has 5 nitrogen and oxygen atoms in total.